The first-order valence-corrected chi connectivity index (χ1v) is 6.77. The molecule has 0 nitrogen and oxygen atoms in total. The van der Waals surface area contributed by atoms with E-state index in [4.69, 9.17) is 11.6 Å². The Hall–Kier alpha value is 0.990. The smallest absolute Gasteiger partial charge is 0.0353 e. The van der Waals surface area contributed by atoms with Crippen molar-refractivity contribution in [3.63, 3.8) is 0 Å². The molecule has 1 atom stereocenters. The van der Waals surface area contributed by atoms with Gasteiger partial charge in [-0.15, -0.1) is 11.6 Å². The van der Waals surface area contributed by atoms with E-state index in [0.717, 1.165) is 5.88 Å². The molecule has 0 radical (unpaired) electrons. The van der Waals surface area contributed by atoms with Gasteiger partial charge in [0.25, 0.3) is 0 Å². The molecule has 0 fully saturated rings. The molecule has 0 aliphatic heterocycles. The Bertz CT molecular complexity index is 94.1. The van der Waals surface area contributed by atoms with Crippen LogP contribution in [0.1, 0.15) is 27.7 Å². The van der Waals surface area contributed by atoms with Crippen molar-refractivity contribution >= 4 is 33.2 Å². The van der Waals surface area contributed by atoms with Gasteiger partial charge >= 0.3 is 0 Å². The van der Waals surface area contributed by atoms with Crippen LogP contribution in [0.25, 0.3) is 0 Å². The summed E-state index contributed by atoms with van der Waals surface area (Å²) >= 11 is 5.81. The maximum atomic E-state index is 5.81. The number of hydrogen-bond donors (Lipinski definition) is 0. The van der Waals surface area contributed by atoms with Crippen molar-refractivity contribution in [2.24, 2.45) is 5.92 Å². The molecule has 1 unspecified atom stereocenters. The van der Waals surface area contributed by atoms with Crippen molar-refractivity contribution in [1.82, 2.24) is 0 Å². The minimum atomic E-state index is 0.601. The van der Waals surface area contributed by atoms with Gasteiger partial charge in [0.1, 0.15) is 0 Å². The van der Waals surface area contributed by atoms with Gasteiger partial charge < -0.3 is 0 Å². The van der Waals surface area contributed by atoms with Crippen molar-refractivity contribution in [3.05, 3.63) is 0 Å². The van der Waals surface area contributed by atoms with E-state index in [1.807, 2.05) is 21.6 Å². The largest absolute Gasteiger partial charge is 0.125 e. The van der Waals surface area contributed by atoms with Gasteiger partial charge in [-0.3, -0.25) is 0 Å². The second-order valence-electron chi connectivity index (χ2n) is 3.18. The van der Waals surface area contributed by atoms with Crippen LogP contribution < -0.4 is 0 Å². The van der Waals surface area contributed by atoms with E-state index in [1.54, 1.807) is 0 Å². The molecule has 11 heavy (non-hydrogen) atoms. The van der Waals surface area contributed by atoms with Crippen molar-refractivity contribution in [3.8, 4) is 0 Å². The van der Waals surface area contributed by atoms with Crippen LogP contribution in [-0.4, -0.2) is 16.4 Å². The minimum absolute atomic E-state index is 0.601. The summed E-state index contributed by atoms with van der Waals surface area (Å²) in [6.45, 7) is 8.87. The monoisotopic (exact) mass is 212 g/mol. The molecule has 68 valence electrons. The Morgan fingerprint density at radius 2 is 1.64 bits per heavy atom. The summed E-state index contributed by atoms with van der Waals surface area (Å²) in [5.74, 6) is 1.45. The number of halogens is 1. The van der Waals surface area contributed by atoms with Crippen molar-refractivity contribution in [2.75, 3.05) is 5.88 Å². The highest BCUT2D eigenvalue weighted by atomic mass is 35.5. The molecular formula is C8H17ClS2. The van der Waals surface area contributed by atoms with Gasteiger partial charge in [0, 0.05) is 16.4 Å². The predicted octanol–water partition coefficient (Wildman–Crippen LogP) is 4.04. The molecule has 0 aliphatic rings. The van der Waals surface area contributed by atoms with E-state index in [0.29, 0.717) is 16.4 Å². The first-order valence-electron chi connectivity index (χ1n) is 3.96. The zero-order chi connectivity index (χ0) is 8.85. The minimum Gasteiger partial charge on any atom is -0.125 e. The molecule has 0 aromatic carbocycles. The maximum Gasteiger partial charge on any atom is 0.0353 e. The third kappa shape index (κ3) is 6.18. The van der Waals surface area contributed by atoms with Crippen LogP contribution in [0.5, 0.6) is 0 Å². The summed E-state index contributed by atoms with van der Waals surface area (Å²) in [6, 6.07) is 0. The fourth-order valence-corrected chi connectivity index (χ4v) is 3.87. The molecule has 0 spiro atoms. The van der Waals surface area contributed by atoms with Crippen molar-refractivity contribution in [1.29, 1.82) is 0 Å². The van der Waals surface area contributed by atoms with Gasteiger partial charge in [0.05, 0.1) is 0 Å². The van der Waals surface area contributed by atoms with Gasteiger partial charge in [-0.2, -0.15) is 0 Å². The molecule has 0 N–H and O–H groups in total. The van der Waals surface area contributed by atoms with Crippen molar-refractivity contribution in [2.45, 2.75) is 38.2 Å². The molecule has 0 aromatic rings. The van der Waals surface area contributed by atoms with Crippen LogP contribution in [0.15, 0.2) is 0 Å². The lowest BCUT2D eigenvalue weighted by molar-refractivity contribution is 0.649. The summed E-state index contributed by atoms with van der Waals surface area (Å²) < 4.78 is 0. The van der Waals surface area contributed by atoms with Crippen LogP contribution >= 0.6 is 33.2 Å². The third-order valence-electron chi connectivity index (χ3n) is 1.27. The van der Waals surface area contributed by atoms with E-state index in [-0.39, 0.29) is 0 Å². The first-order chi connectivity index (χ1) is 5.07. The van der Waals surface area contributed by atoms with E-state index < -0.39 is 0 Å². The number of rotatable bonds is 5. The van der Waals surface area contributed by atoms with Crippen LogP contribution in [0.3, 0.4) is 0 Å². The van der Waals surface area contributed by atoms with E-state index >= 15 is 0 Å². The number of hydrogen-bond acceptors (Lipinski definition) is 2. The van der Waals surface area contributed by atoms with Gasteiger partial charge in [-0.25, -0.2) is 0 Å². The highest BCUT2D eigenvalue weighted by molar-refractivity contribution is 8.77. The summed E-state index contributed by atoms with van der Waals surface area (Å²) in [6.07, 6.45) is 0. The second-order valence-corrected chi connectivity index (χ2v) is 6.57. The Labute approximate surface area is 83.2 Å². The van der Waals surface area contributed by atoms with E-state index in [1.165, 1.54) is 0 Å². The molecule has 3 heteroatoms. The average molecular weight is 213 g/mol. The quantitative estimate of drug-likeness (QED) is 0.499. The molecule has 0 saturated carbocycles. The second kappa shape index (κ2) is 6.50. The Morgan fingerprint density at radius 3 is 1.91 bits per heavy atom. The van der Waals surface area contributed by atoms with Crippen LogP contribution in [-0.2, 0) is 0 Å². The Morgan fingerprint density at radius 1 is 1.09 bits per heavy atom. The highest BCUT2D eigenvalue weighted by Gasteiger charge is 2.13. The fraction of sp³-hybridized carbons (Fsp3) is 1.00. The number of alkyl halides is 1. The lowest BCUT2D eigenvalue weighted by Crippen LogP contribution is -2.11. The molecule has 0 bridgehead atoms. The van der Waals surface area contributed by atoms with Crippen molar-refractivity contribution < 1.29 is 0 Å². The average Bonchev–Trinajstić information content (AvgIpc) is 1.87. The van der Waals surface area contributed by atoms with Crippen LogP contribution in [0.2, 0.25) is 0 Å². The SMILES string of the molecule is CC(C)SSC(CCl)C(C)C. The van der Waals surface area contributed by atoms with Gasteiger partial charge in [0.2, 0.25) is 0 Å². The zero-order valence-corrected chi connectivity index (χ0v) is 10.0. The molecular weight excluding hydrogens is 196 g/mol. The standard InChI is InChI=1S/C8H17ClS2/c1-6(2)8(5-9)11-10-7(3)4/h6-8H,5H2,1-4H3. The topological polar surface area (TPSA) is 0 Å². The zero-order valence-electron chi connectivity index (χ0n) is 7.63. The summed E-state index contributed by atoms with van der Waals surface area (Å²) in [4.78, 5) is 0. The lowest BCUT2D eigenvalue weighted by Gasteiger charge is -2.17. The highest BCUT2D eigenvalue weighted by Crippen LogP contribution is 2.34. The van der Waals surface area contributed by atoms with Crippen LogP contribution in [0.4, 0.5) is 0 Å². The summed E-state index contributed by atoms with van der Waals surface area (Å²) in [5.41, 5.74) is 0. The molecule has 0 amide bonds. The molecule has 0 aliphatic carbocycles. The molecule has 0 aromatic heterocycles. The normalized spacial score (nSPS) is 14.5. The Kier molecular flexibility index (Phi) is 7.08. The first kappa shape index (κ1) is 12.0. The van der Waals surface area contributed by atoms with Gasteiger partial charge in [-0.1, -0.05) is 49.3 Å². The maximum absolute atomic E-state index is 5.81. The molecule has 0 saturated heterocycles. The van der Waals surface area contributed by atoms with Crippen LogP contribution in [0, 0.1) is 5.92 Å². The molecule has 0 heterocycles. The lowest BCUT2D eigenvalue weighted by atomic mass is 10.1. The summed E-state index contributed by atoms with van der Waals surface area (Å²) in [7, 11) is 3.85. The molecule has 0 rings (SSSR count). The van der Waals surface area contributed by atoms with Gasteiger partial charge in [0.15, 0.2) is 0 Å². The van der Waals surface area contributed by atoms with Gasteiger partial charge in [-0.05, 0) is 5.92 Å². The Balaban J connectivity index is 3.52. The fourth-order valence-electron chi connectivity index (χ4n) is 0.497. The summed E-state index contributed by atoms with van der Waals surface area (Å²) in [5, 5.41) is 1.30. The van der Waals surface area contributed by atoms with E-state index in [2.05, 4.69) is 27.7 Å². The van der Waals surface area contributed by atoms with E-state index in [9.17, 15) is 0 Å². The predicted molar refractivity (Wildman–Crippen MR) is 59.7 cm³/mol. The third-order valence-corrected chi connectivity index (χ3v) is 5.47.